The van der Waals surface area contributed by atoms with E-state index in [0.717, 1.165) is 28.5 Å². The van der Waals surface area contributed by atoms with E-state index in [1.165, 1.54) is 0 Å². The molecule has 0 saturated carbocycles. The number of benzene rings is 4. The van der Waals surface area contributed by atoms with Crippen LogP contribution in [-0.2, 0) is 50.2 Å². The second-order valence-electron chi connectivity index (χ2n) is 9.44. The minimum atomic E-state index is -0.973. The van der Waals surface area contributed by atoms with Gasteiger partial charge in [-0.1, -0.05) is 121 Å². The van der Waals surface area contributed by atoms with Gasteiger partial charge in [-0.2, -0.15) is 0 Å². The van der Waals surface area contributed by atoms with Gasteiger partial charge in [-0.25, -0.2) is 0 Å². The second-order valence-corrected chi connectivity index (χ2v) is 9.44. The van der Waals surface area contributed by atoms with E-state index >= 15 is 0 Å². The summed E-state index contributed by atoms with van der Waals surface area (Å²) in [5.74, 6) is 0. The van der Waals surface area contributed by atoms with Gasteiger partial charge >= 0.3 is 0 Å². The summed E-state index contributed by atoms with van der Waals surface area (Å²) < 4.78 is 25.1. The lowest BCUT2D eigenvalue weighted by Crippen LogP contribution is -2.51. The lowest BCUT2D eigenvalue weighted by Gasteiger charge is -2.35. The molecule has 4 aromatic carbocycles. The molecular formula is C34H36O6. The Morgan fingerprint density at radius 1 is 0.500 bits per heavy atom. The van der Waals surface area contributed by atoms with Crippen LogP contribution in [0.3, 0.4) is 0 Å². The van der Waals surface area contributed by atoms with E-state index in [-0.39, 0.29) is 33.0 Å². The molecule has 4 atom stereocenters. The summed E-state index contributed by atoms with van der Waals surface area (Å²) in [7, 11) is 0. The van der Waals surface area contributed by atoms with Crippen LogP contribution in [-0.4, -0.2) is 42.4 Å². The number of aliphatic hydroxyl groups excluding tert-OH is 1. The van der Waals surface area contributed by atoms with E-state index in [0.29, 0.717) is 0 Å². The molecule has 0 radical (unpaired) electrons. The van der Waals surface area contributed by atoms with Gasteiger partial charge < -0.3 is 28.8 Å². The molecule has 4 aromatic rings. The van der Waals surface area contributed by atoms with Crippen molar-refractivity contribution in [1.82, 2.24) is 0 Å². The van der Waals surface area contributed by atoms with Crippen molar-refractivity contribution in [2.75, 3.05) is 6.61 Å². The first kappa shape index (κ1) is 29.3. The maximum absolute atomic E-state index is 12.5. The molecule has 0 heterocycles. The first-order chi connectivity index (χ1) is 19.8. The van der Waals surface area contributed by atoms with Crippen LogP contribution >= 0.6 is 0 Å². The van der Waals surface area contributed by atoms with Crippen molar-refractivity contribution < 1.29 is 28.8 Å². The highest BCUT2D eigenvalue weighted by Gasteiger charge is 2.38. The molecule has 0 fully saturated rings. The maximum atomic E-state index is 12.5. The van der Waals surface area contributed by atoms with Crippen molar-refractivity contribution >= 4 is 6.29 Å². The van der Waals surface area contributed by atoms with Gasteiger partial charge in [0.2, 0.25) is 0 Å². The van der Waals surface area contributed by atoms with Crippen molar-refractivity contribution in [3.8, 4) is 0 Å². The lowest BCUT2D eigenvalue weighted by molar-refractivity contribution is -0.194. The summed E-state index contributed by atoms with van der Waals surface area (Å²) >= 11 is 0. The first-order valence-electron chi connectivity index (χ1n) is 13.4. The zero-order chi connectivity index (χ0) is 27.8. The Morgan fingerprint density at radius 2 is 0.850 bits per heavy atom. The molecule has 208 valence electrons. The Balaban J connectivity index is 1.60. The van der Waals surface area contributed by atoms with Crippen molar-refractivity contribution in [2.45, 2.75) is 50.8 Å². The number of carbonyl (C=O) groups is 1. The molecule has 1 N–H and O–H groups in total. The van der Waals surface area contributed by atoms with Crippen LogP contribution in [0.15, 0.2) is 121 Å². The summed E-state index contributed by atoms with van der Waals surface area (Å²) in [5.41, 5.74) is 3.77. The monoisotopic (exact) mass is 540 g/mol. The highest BCUT2D eigenvalue weighted by Crippen LogP contribution is 2.22. The molecule has 0 saturated heterocycles. The van der Waals surface area contributed by atoms with Crippen molar-refractivity contribution in [2.24, 2.45) is 0 Å². The average Bonchev–Trinajstić information content (AvgIpc) is 3.02. The molecule has 4 rings (SSSR count). The number of hydrogen-bond acceptors (Lipinski definition) is 6. The Bertz CT molecular complexity index is 1220. The van der Waals surface area contributed by atoms with E-state index in [2.05, 4.69) is 0 Å². The molecule has 0 aliphatic heterocycles. The molecular weight excluding hydrogens is 504 g/mol. The number of aliphatic hydroxyl groups is 1. The molecule has 0 aliphatic rings. The van der Waals surface area contributed by atoms with E-state index in [4.69, 9.17) is 18.9 Å². The number of carbonyl (C=O) groups excluding carboxylic acids is 1. The molecule has 40 heavy (non-hydrogen) atoms. The van der Waals surface area contributed by atoms with Gasteiger partial charge in [0, 0.05) is 0 Å². The van der Waals surface area contributed by atoms with Gasteiger partial charge in [-0.3, -0.25) is 0 Å². The molecule has 0 unspecified atom stereocenters. The summed E-state index contributed by atoms with van der Waals surface area (Å²) in [6.07, 6.45) is -2.70. The summed E-state index contributed by atoms with van der Waals surface area (Å²) in [6, 6.07) is 38.8. The highest BCUT2D eigenvalue weighted by molar-refractivity contribution is 5.57. The predicted octanol–water partition coefficient (Wildman–Crippen LogP) is 5.52. The quantitative estimate of drug-likeness (QED) is 0.178. The second kappa shape index (κ2) is 16.5. The highest BCUT2D eigenvalue weighted by atomic mass is 16.6. The Hall–Kier alpha value is -3.65. The van der Waals surface area contributed by atoms with Gasteiger partial charge in [-0.05, 0) is 22.3 Å². The van der Waals surface area contributed by atoms with Crippen molar-refractivity contribution in [3.05, 3.63) is 144 Å². The molecule has 0 amide bonds. The average molecular weight is 541 g/mol. The minimum Gasteiger partial charge on any atom is -0.394 e. The molecule has 0 spiro atoms. The fraction of sp³-hybridized carbons (Fsp3) is 0.265. The number of aldehydes is 1. The Morgan fingerprint density at radius 3 is 1.23 bits per heavy atom. The molecule has 0 bridgehead atoms. The topological polar surface area (TPSA) is 74.2 Å². The van der Waals surface area contributed by atoms with Crippen LogP contribution in [0.4, 0.5) is 0 Å². The van der Waals surface area contributed by atoms with Crippen molar-refractivity contribution in [1.29, 1.82) is 0 Å². The number of rotatable bonds is 17. The van der Waals surface area contributed by atoms with Gasteiger partial charge in [-0.15, -0.1) is 0 Å². The van der Waals surface area contributed by atoms with Crippen LogP contribution in [0.5, 0.6) is 0 Å². The zero-order valence-corrected chi connectivity index (χ0v) is 22.5. The van der Waals surface area contributed by atoms with Gasteiger partial charge in [0.15, 0.2) is 6.29 Å². The predicted molar refractivity (Wildman–Crippen MR) is 153 cm³/mol. The van der Waals surface area contributed by atoms with Crippen LogP contribution in [0, 0.1) is 0 Å². The third-order valence-corrected chi connectivity index (χ3v) is 6.49. The summed E-state index contributed by atoms with van der Waals surface area (Å²) in [5, 5.41) is 10.5. The number of hydrogen-bond donors (Lipinski definition) is 1. The van der Waals surface area contributed by atoms with Crippen LogP contribution in [0.25, 0.3) is 0 Å². The Kier molecular flexibility index (Phi) is 12.1. The third kappa shape index (κ3) is 9.23. The molecule has 0 aliphatic carbocycles. The Labute approximate surface area is 236 Å². The standard InChI is InChI=1S/C34H36O6/c35-21-31(37-23-27-13-5-1-6-14-27)33(39-25-29-17-9-3-10-18-29)34(40-26-30-19-11-4-12-20-30)32(22-36)38-24-28-15-7-2-8-16-28/h1-21,31-34,36H,22-26H2/t31-,32-,33+,34-/m0/s1. The van der Waals surface area contributed by atoms with E-state index in [9.17, 15) is 9.90 Å². The van der Waals surface area contributed by atoms with Crippen LogP contribution in [0.2, 0.25) is 0 Å². The fourth-order valence-electron chi connectivity index (χ4n) is 4.33. The lowest BCUT2D eigenvalue weighted by atomic mass is 10.0. The van der Waals surface area contributed by atoms with Gasteiger partial charge in [0.25, 0.3) is 0 Å². The van der Waals surface area contributed by atoms with E-state index in [1.807, 2.05) is 121 Å². The minimum absolute atomic E-state index is 0.218. The first-order valence-corrected chi connectivity index (χ1v) is 13.4. The smallest absolute Gasteiger partial charge is 0.151 e. The number of ether oxygens (including phenoxy) is 4. The summed E-state index contributed by atoms with van der Waals surface area (Å²) in [6.45, 7) is 0.620. The summed E-state index contributed by atoms with van der Waals surface area (Å²) in [4.78, 5) is 12.5. The van der Waals surface area contributed by atoms with Crippen LogP contribution < -0.4 is 0 Å². The van der Waals surface area contributed by atoms with E-state index in [1.54, 1.807) is 0 Å². The van der Waals surface area contributed by atoms with E-state index < -0.39 is 24.4 Å². The van der Waals surface area contributed by atoms with Gasteiger partial charge in [0.1, 0.15) is 24.4 Å². The van der Waals surface area contributed by atoms with Crippen LogP contribution in [0.1, 0.15) is 22.3 Å². The molecule has 6 nitrogen and oxygen atoms in total. The third-order valence-electron chi connectivity index (χ3n) is 6.49. The molecule has 6 heteroatoms. The zero-order valence-electron chi connectivity index (χ0n) is 22.5. The largest absolute Gasteiger partial charge is 0.394 e. The maximum Gasteiger partial charge on any atom is 0.151 e. The molecule has 0 aromatic heterocycles. The SMILES string of the molecule is O=C[C@H](OCc1ccccc1)[C@@H](OCc1ccccc1)[C@@H](OCc1ccccc1)[C@H](CO)OCc1ccccc1. The normalized spacial score (nSPS) is 14.2. The van der Waals surface area contributed by atoms with Gasteiger partial charge in [0.05, 0.1) is 33.0 Å². The van der Waals surface area contributed by atoms with Crippen molar-refractivity contribution in [3.63, 3.8) is 0 Å². The fourth-order valence-corrected chi connectivity index (χ4v) is 4.33.